The van der Waals surface area contributed by atoms with E-state index in [-0.39, 0.29) is 11.9 Å². The monoisotopic (exact) mass is 347 g/mol. The maximum atomic E-state index is 12.5. The zero-order chi connectivity index (χ0) is 17.8. The SMILES string of the molecule is O=C(Nc1cnccn1)c1cccc([C@H]2CCCN2c2ncccn2)n1. The summed E-state index contributed by atoms with van der Waals surface area (Å²) in [7, 11) is 0. The molecule has 1 N–H and O–H groups in total. The van der Waals surface area contributed by atoms with E-state index in [2.05, 4.69) is 35.1 Å². The molecule has 1 amide bonds. The van der Waals surface area contributed by atoms with E-state index < -0.39 is 0 Å². The van der Waals surface area contributed by atoms with Gasteiger partial charge in [-0.2, -0.15) is 0 Å². The molecule has 0 aromatic carbocycles. The van der Waals surface area contributed by atoms with Gasteiger partial charge in [0.2, 0.25) is 5.95 Å². The number of nitrogens with one attached hydrogen (secondary N) is 1. The van der Waals surface area contributed by atoms with Crippen LogP contribution in [0.3, 0.4) is 0 Å². The quantitative estimate of drug-likeness (QED) is 0.773. The molecule has 0 aliphatic carbocycles. The van der Waals surface area contributed by atoms with Gasteiger partial charge in [0.25, 0.3) is 5.91 Å². The molecule has 26 heavy (non-hydrogen) atoms. The number of hydrogen-bond acceptors (Lipinski definition) is 7. The standard InChI is InChI=1S/C18H17N7O/c26-17(24-16-12-19-9-10-20-16)14-5-1-4-13(23-14)15-6-2-11-25(15)18-21-7-3-8-22-18/h1,3-5,7-10,12,15H,2,6,11H2,(H,20,24,26)/t15-/m1/s1. The van der Waals surface area contributed by atoms with Crippen molar-refractivity contribution in [1.82, 2.24) is 24.9 Å². The van der Waals surface area contributed by atoms with E-state index in [0.717, 1.165) is 25.1 Å². The molecule has 1 saturated heterocycles. The molecule has 1 fully saturated rings. The first kappa shape index (κ1) is 16.1. The first-order valence-electron chi connectivity index (χ1n) is 8.39. The van der Waals surface area contributed by atoms with E-state index in [1.807, 2.05) is 12.1 Å². The van der Waals surface area contributed by atoms with Crippen LogP contribution < -0.4 is 10.2 Å². The minimum atomic E-state index is -0.312. The average molecular weight is 347 g/mol. The summed E-state index contributed by atoms with van der Waals surface area (Å²) in [4.78, 5) is 35.8. The molecule has 4 heterocycles. The fourth-order valence-electron chi connectivity index (χ4n) is 3.06. The predicted molar refractivity (Wildman–Crippen MR) is 95.6 cm³/mol. The fraction of sp³-hybridized carbons (Fsp3) is 0.222. The van der Waals surface area contributed by atoms with Gasteiger partial charge in [-0.3, -0.25) is 9.78 Å². The molecule has 130 valence electrons. The van der Waals surface area contributed by atoms with Gasteiger partial charge in [-0.1, -0.05) is 6.07 Å². The molecule has 8 heteroatoms. The van der Waals surface area contributed by atoms with E-state index >= 15 is 0 Å². The molecule has 8 nitrogen and oxygen atoms in total. The molecule has 0 spiro atoms. The summed E-state index contributed by atoms with van der Waals surface area (Å²) in [6.45, 7) is 0.867. The van der Waals surface area contributed by atoms with Gasteiger partial charge in [-0.05, 0) is 31.0 Å². The zero-order valence-electron chi connectivity index (χ0n) is 14.0. The summed E-state index contributed by atoms with van der Waals surface area (Å²) in [6, 6.07) is 7.32. The Morgan fingerprint density at radius 1 is 1.08 bits per heavy atom. The lowest BCUT2D eigenvalue weighted by atomic mass is 10.1. The van der Waals surface area contributed by atoms with Crippen molar-refractivity contribution in [2.45, 2.75) is 18.9 Å². The Hall–Kier alpha value is -3.42. The van der Waals surface area contributed by atoms with Crippen LogP contribution in [-0.2, 0) is 0 Å². The van der Waals surface area contributed by atoms with Crippen LogP contribution in [0, 0.1) is 0 Å². The van der Waals surface area contributed by atoms with Crippen molar-refractivity contribution in [3.63, 3.8) is 0 Å². The third-order valence-electron chi connectivity index (χ3n) is 4.21. The van der Waals surface area contributed by atoms with Gasteiger partial charge < -0.3 is 10.2 Å². The molecule has 0 unspecified atom stereocenters. The lowest BCUT2D eigenvalue weighted by Crippen LogP contribution is -2.26. The van der Waals surface area contributed by atoms with Gasteiger partial charge in [0.15, 0.2) is 5.82 Å². The summed E-state index contributed by atoms with van der Waals surface area (Å²) >= 11 is 0. The molecule has 1 aliphatic rings. The topological polar surface area (TPSA) is 96.8 Å². The highest BCUT2D eigenvalue weighted by Gasteiger charge is 2.29. The summed E-state index contributed by atoms with van der Waals surface area (Å²) in [6.07, 6.45) is 10.0. The second-order valence-corrected chi connectivity index (χ2v) is 5.89. The van der Waals surface area contributed by atoms with Crippen LogP contribution >= 0.6 is 0 Å². The fourth-order valence-corrected chi connectivity index (χ4v) is 3.06. The average Bonchev–Trinajstić information content (AvgIpc) is 3.19. The number of amides is 1. The Kier molecular flexibility index (Phi) is 4.46. The number of carbonyl (C=O) groups excluding carboxylic acids is 1. The van der Waals surface area contributed by atoms with Crippen molar-refractivity contribution < 1.29 is 4.79 Å². The number of aromatic nitrogens is 5. The minimum Gasteiger partial charge on any atom is -0.332 e. The van der Waals surface area contributed by atoms with Crippen molar-refractivity contribution in [3.05, 3.63) is 66.6 Å². The summed E-state index contributed by atoms with van der Waals surface area (Å²) in [5, 5.41) is 2.71. The molecule has 0 bridgehead atoms. The smallest absolute Gasteiger partial charge is 0.275 e. The summed E-state index contributed by atoms with van der Waals surface area (Å²) < 4.78 is 0. The number of nitrogens with zero attached hydrogens (tertiary/aromatic N) is 6. The Labute approximate surface area is 150 Å². The molecule has 3 aromatic heterocycles. The lowest BCUT2D eigenvalue weighted by molar-refractivity contribution is 0.102. The molecule has 1 aliphatic heterocycles. The largest absolute Gasteiger partial charge is 0.332 e. The van der Waals surface area contributed by atoms with Crippen LogP contribution in [0.1, 0.15) is 35.1 Å². The van der Waals surface area contributed by atoms with Gasteiger partial charge in [0, 0.05) is 31.3 Å². The Morgan fingerprint density at radius 3 is 2.77 bits per heavy atom. The lowest BCUT2D eigenvalue weighted by Gasteiger charge is -2.24. The first-order valence-corrected chi connectivity index (χ1v) is 8.39. The van der Waals surface area contributed by atoms with Gasteiger partial charge >= 0.3 is 0 Å². The van der Waals surface area contributed by atoms with Crippen LogP contribution in [0.4, 0.5) is 11.8 Å². The van der Waals surface area contributed by atoms with Crippen molar-refractivity contribution >= 4 is 17.7 Å². The van der Waals surface area contributed by atoms with Gasteiger partial charge in [-0.15, -0.1) is 0 Å². The molecule has 3 aromatic rings. The first-order chi connectivity index (χ1) is 12.8. The number of anilines is 2. The molecule has 1 atom stereocenters. The third-order valence-corrected chi connectivity index (χ3v) is 4.21. The normalized spacial score (nSPS) is 16.5. The minimum absolute atomic E-state index is 0.0571. The van der Waals surface area contributed by atoms with Gasteiger partial charge in [-0.25, -0.2) is 19.9 Å². The zero-order valence-corrected chi connectivity index (χ0v) is 14.0. The maximum absolute atomic E-state index is 12.5. The van der Waals surface area contributed by atoms with Crippen LogP contribution in [0.5, 0.6) is 0 Å². The number of rotatable bonds is 4. The number of hydrogen-bond donors (Lipinski definition) is 1. The number of carbonyl (C=O) groups is 1. The molecule has 0 saturated carbocycles. The van der Waals surface area contributed by atoms with Crippen molar-refractivity contribution in [2.75, 3.05) is 16.8 Å². The highest BCUT2D eigenvalue weighted by Crippen LogP contribution is 2.33. The van der Waals surface area contributed by atoms with Crippen LogP contribution in [0.25, 0.3) is 0 Å². The molecule has 4 rings (SSSR count). The highest BCUT2D eigenvalue weighted by atomic mass is 16.1. The van der Waals surface area contributed by atoms with E-state index in [1.54, 1.807) is 30.7 Å². The second kappa shape index (κ2) is 7.22. The van der Waals surface area contributed by atoms with E-state index in [1.165, 1.54) is 12.4 Å². The number of pyridine rings is 1. The molecule has 0 radical (unpaired) electrons. The summed E-state index contributed by atoms with van der Waals surface area (Å²) in [5.74, 6) is 0.768. The van der Waals surface area contributed by atoms with E-state index in [9.17, 15) is 4.79 Å². The van der Waals surface area contributed by atoms with E-state index in [0.29, 0.717) is 17.5 Å². The van der Waals surface area contributed by atoms with Gasteiger partial charge in [0.1, 0.15) is 5.69 Å². The summed E-state index contributed by atoms with van der Waals surface area (Å²) in [5.41, 5.74) is 1.18. The Bertz CT molecular complexity index is 888. The van der Waals surface area contributed by atoms with Crippen molar-refractivity contribution in [1.29, 1.82) is 0 Å². The molecular formula is C18H17N7O. The van der Waals surface area contributed by atoms with E-state index in [4.69, 9.17) is 0 Å². The van der Waals surface area contributed by atoms with Crippen LogP contribution in [-0.4, -0.2) is 37.4 Å². The van der Waals surface area contributed by atoms with Crippen LogP contribution in [0.2, 0.25) is 0 Å². The van der Waals surface area contributed by atoms with Crippen LogP contribution in [0.15, 0.2) is 55.2 Å². The van der Waals surface area contributed by atoms with Crippen molar-refractivity contribution in [2.24, 2.45) is 0 Å². The Balaban J connectivity index is 1.56. The van der Waals surface area contributed by atoms with Crippen molar-refractivity contribution in [3.8, 4) is 0 Å². The van der Waals surface area contributed by atoms with Gasteiger partial charge in [0.05, 0.1) is 17.9 Å². The predicted octanol–water partition coefficient (Wildman–Crippen LogP) is 2.26. The second-order valence-electron chi connectivity index (χ2n) is 5.89. The highest BCUT2D eigenvalue weighted by molar-refractivity contribution is 6.02. The maximum Gasteiger partial charge on any atom is 0.275 e. The molecular weight excluding hydrogens is 330 g/mol. The third kappa shape index (κ3) is 3.34. The Morgan fingerprint density at radius 2 is 1.96 bits per heavy atom.